The summed E-state index contributed by atoms with van der Waals surface area (Å²) < 4.78 is 0. The quantitative estimate of drug-likeness (QED) is 0.819. The van der Waals surface area contributed by atoms with Crippen LogP contribution in [0.1, 0.15) is 17.4 Å². The van der Waals surface area contributed by atoms with Gasteiger partial charge in [0.25, 0.3) is 0 Å². The molecule has 1 atom stereocenters. The van der Waals surface area contributed by atoms with Crippen LogP contribution in [0.5, 0.6) is 0 Å². The van der Waals surface area contributed by atoms with Crippen molar-refractivity contribution in [3.05, 3.63) is 30.0 Å². The molecular weight excluding hydrogens is 252 g/mol. The van der Waals surface area contributed by atoms with Crippen molar-refractivity contribution in [2.45, 2.75) is 17.1 Å². The molecule has 0 amide bonds. The largest absolute Gasteiger partial charge is 0.476 e. The fourth-order valence-corrected chi connectivity index (χ4v) is 2.54. The van der Waals surface area contributed by atoms with Crippen LogP contribution >= 0.6 is 11.8 Å². The number of rotatable bonds is 4. The maximum absolute atomic E-state index is 11.2. The molecular formula is C12H12N2O3S. The molecule has 2 N–H and O–H groups in total. The van der Waals surface area contributed by atoms with Gasteiger partial charge in [-0.2, -0.15) is 0 Å². The summed E-state index contributed by atoms with van der Waals surface area (Å²) in [5.41, 5.74) is 0.578. The highest BCUT2D eigenvalue weighted by Gasteiger charge is 2.18. The molecule has 1 aromatic heterocycles. The van der Waals surface area contributed by atoms with Gasteiger partial charge in [-0.1, -0.05) is 25.1 Å². The minimum atomic E-state index is -1.11. The summed E-state index contributed by atoms with van der Waals surface area (Å²) in [4.78, 5) is 11.7. The topological polar surface area (TPSA) is 83.3 Å². The first-order chi connectivity index (χ1) is 8.63. The second kappa shape index (κ2) is 5.32. The van der Waals surface area contributed by atoms with E-state index >= 15 is 0 Å². The molecule has 0 aliphatic carbocycles. The van der Waals surface area contributed by atoms with Gasteiger partial charge in [-0.25, -0.2) is 4.79 Å². The molecule has 0 aliphatic heterocycles. The standard InChI is InChI=1S/C12H12N2O3S/c1-7(6-15)18-11-8-4-2-3-5-9(8)13-14-10(11)12(16)17/h2-5,7,15H,6H2,1H3,(H,16,17). The van der Waals surface area contributed by atoms with Crippen molar-refractivity contribution in [3.63, 3.8) is 0 Å². The Hall–Kier alpha value is -1.66. The summed E-state index contributed by atoms with van der Waals surface area (Å²) in [6.45, 7) is 1.80. The second-order valence-corrected chi connectivity index (χ2v) is 5.26. The van der Waals surface area contributed by atoms with Crippen molar-refractivity contribution in [2.75, 3.05) is 6.61 Å². The number of thioether (sulfide) groups is 1. The first-order valence-electron chi connectivity index (χ1n) is 5.39. The number of benzene rings is 1. The lowest BCUT2D eigenvalue weighted by atomic mass is 10.2. The lowest BCUT2D eigenvalue weighted by Crippen LogP contribution is -2.09. The molecule has 0 saturated carbocycles. The molecule has 94 valence electrons. The third-order valence-electron chi connectivity index (χ3n) is 2.40. The number of fused-ring (bicyclic) bond motifs is 1. The SMILES string of the molecule is CC(CO)Sc1c(C(=O)O)nnc2ccccc12. The molecule has 0 aliphatic rings. The molecule has 2 rings (SSSR count). The van der Waals surface area contributed by atoms with Crippen LogP contribution in [-0.2, 0) is 0 Å². The van der Waals surface area contributed by atoms with Crippen LogP contribution in [0.4, 0.5) is 0 Å². The highest BCUT2D eigenvalue weighted by atomic mass is 32.2. The molecule has 0 fully saturated rings. The van der Waals surface area contributed by atoms with Crippen LogP contribution in [0, 0.1) is 0 Å². The van der Waals surface area contributed by atoms with Gasteiger partial charge in [-0.05, 0) is 6.07 Å². The number of aromatic carboxylic acids is 1. The van der Waals surface area contributed by atoms with E-state index in [-0.39, 0.29) is 17.6 Å². The summed E-state index contributed by atoms with van der Waals surface area (Å²) in [5, 5.41) is 26.5. The normalized spacial score (nSPS) is 12.6. The fraction of sp³-hybridized carbons (Fsp3) is 0.250. The highest BCUT2D eigenvalue weighted by molar-refractivity contribution is 8.00. The number of carboxylic acid groups (broad SMARTS) is 1. The summed E-state index contributed by atoms with van der Waals surface area (Å²) in [5.74, 6) is -1.11. The average Bonchev–Trinajstić information content (AvgIpc) is 2.38. The average molecular weight is 264 g/mol. The zero-order valence-electron chi connectivity index (χ0n) is 9.70. The van der Waals surface area contributed by atoms with Crippen LogP contribution in [0.15, 0.2) is 29.2 Å². The third kappa shape index (κ3) is 2.44. The van der Waals surface area contributed by atoms with Crippen molar-refractivity contribution in [2.24, 2.45) is 0 Å². The molecule has 6 heteroatoms. The van der Waals surface area contributed by atoms with E-state index < -0.39 is 5.97 Å². The van der Waals surface area contributed by atoms with Crippen molar-refractivity contribution in [1.82, 2.24) is 10.2 Å². The van der Waals surface area contributed by atoms with E-state index in [0.717, 1.165) is 5.39 Å². The van der Waals surface area contributed by atoms with Gasteiger partial charge in [0.05, 0.1) is 17.0 Å². The smallest absolute Gasteiger partial charge is 0.357 e. The van der Waals surface area contributed by atoms with Crippen molar-refractivity contribution in [1.29, 1.82) is 0 Å². The Kier molecular flexibility index (Phi) is 3.78. The van der Waals surface area contributed by atoms with Gasteiger partial charge in [0, 0.05) is 10.6 Å². The van der Waals surface area contributed by atoms with Crippen LogP contribution in [-0.4, -0.2) is 38.2 Å². The molecule has 5 nitrogen and oxygen atoms in total. The molecule has 0 spiro atoms. The Morgan fingerprint density at radius 1 is 1.39 bits per heavy atom. The van der Waals surface area contributed by atoms with E-state index in [0.29, 0.717) is 10.4 Å². The van der Waals surface area contributed by atoms with E-state index in [9.17, 15) is 4.79 Å². The van der Waals surface area contributed by atoms with Crippen molar-refractivity contribution in [3.8, 4) is 0 Å². The third-order valence-corrected chi connectivity index (χ3v) is 3.60. The van der Waals surface area contributed by atoms with Crippen LogP contribution < -0.4 is 0 Å². The lowest BCUT2D eigenvalue weighted by molar-refractivity contribution is 0.0685. The Morgan fingerprint density at radius 2 is 2.11 bits per heavy atom. The molecule has 0 radical (unpaired) electrons. The Bertz CT molecular complexity index is 589. The number of nitrogens with zero attached hydrogens (tertiary/aromatic N) is 2. The number of aliphatic hydroxyl groups is 1. The lowest BCUT2D eigenvalue weighted by Gasteiger charge is -2.11. The van der Waals surface area contributed by atoms with Gasteiger partial charge in [0.1, 0.15) is 0 Å². The van der Waals surface area contributed by atoms with Gasteiger partial charge < -0.3 is 10.2 Å². The van der Waals surface area contributed by atoms with Crippen molar-refractivity contribution < 1.29 is 15.0 Å². The van der Waals surface area contributed by atoms with Crippen LogP contribution in [0.2, 0.25) is 0 Å². The van der Waals surface area contributed by atoms with E-state index in [1.165, 1.54) is 11.8 Å². The van der Waals surface area contributed by atoms with E-state index in [1.54, 1.807) is 6.07 Å². The number of carboxylic acids is 1. The van der Waals surface area contributed by atoms with Gasteiger partial charge in [-0.15, -0.1) is 22.0 Å². The molecule has 0 saturated heterocycles. The molecule has 1 heterocycles. The number of aliphatic hydroxyl groups excluding tert-OH is 1. The Balaban J connectivity index is 2.62. The monoisotopic (exact) mass is 264 g/mol. The predicted molar refractivity (Wildman–Crippen MR) is 68.9 cm³/mol. The first-order valence-corrected chi connectivity index (χ1v) is 6.27. The van der Waals surface area contributed by atoms with Gasteiger partial charge in [0.15, 0.2) is 5.69 Å². The molecule has 2 aromatic rings. The molecule has 18 heavy (non-hydrogen) atoms. The maximum atomic E-state index is 11.2. The van der Waals surface area contributed by atoms with Crippen molar-refractivity contribution >= 4 is 28.6 Å². The summed E-state index contributed by atoms with van der Waals surface area (Å²) in [6, 6.07) is 7.23. The van der Waals surface area contributed by atoms with Crippen LogP contribution in [0.25, 0.3) is 10.9 Å². The minimum Gasteiger partial charge on any atom is -0.476 e. The van der Waals surface area contributed by atoms with Gasteiger partial charge in [-0.3, -0.25) is 0 Å². The zero-order valence-corrected chi connectivity index (χ0v) is 10.5. The van der Waals surface area contributed by atoms with Gasteiger partial charge in [0.2, 0.25) is 0 Å². The molecule has 1 aromatic carbocycles. The minimum absolute atomic E-state index is 0.0274. The second-order valence-electron chi connectivity index (χ2n) is 3.81. The predicted octanol–water partition coefficient (Wildman–Crippen LogP) is 1.80. The van der Waals surface area contributed by atoms with E-state index in [4.69, 9.17) is 10.2 Å². The van der Waals surface area contributed by atoms with E-state index in [1.807, 2.05) is 25.1 Å². The Labute approximate surface area is 108 Å². The maximum Gasteiger partial charge on any atom is 0.357 e. The number of aromatic nitrogens is 2. The number of hydrogen-bond acceptors (Lipinski definition) is 5. The first kappa shape index (κ1) is 12.8. The highest BCUT2D eigenvalue weighted by Crippen LogP contribution is 2.31. The van der Waals surface area contributed by atoms with E-state index in [2.05, 4.69) is 10.2 Å². The van der Waals surface area contributed by atoms with Crippen LogP contribution in [0.3, 0.4) is 0 Å². The number of carbonyl (C=O) groups is 1. The zero-order chi connectivity index (χ0) is 13.1. The Morgan fingerprint density at radius 3 is 2.78 bits per heavy atom. The summed E-state index contributed by atoms with van der Waals surface area (Å²) in [6.07, 6.45) is 0. The summed E-state index contributed by atoms with van der Waals surface area (Å²) in [7, 11) is 0. The fourth-order valence-electron chi connectivity index (χ4n) is 1.53. The van der Waals surface area contributed by atoms with Gasteiger partial charge >= 0.3 is 5.97 Å². The molecule has 0 bridgehead atoms. The summed E-state index contributed by atoms with van der Waals surface area (Å²) >= 11 is 1.29. The molecule has 1 unspecified atom stereocenters. The number of hydrogen-bond donors (Lipinski definition) is 2.